The van der Waals surface area contributed by atoms with Gasteiger partial charge in [-0.3, -0.25) is 9.48 Å². The second-order valence-electron chi connectivity index (χ2n) is 3.98. The minimum atomic E-state index is -0.339. The summed E-state index contributed by atoms with van der Waals surface area (Å²) >= 11 is 2.06. The molecule has 0 saturated heterocycles. The highest BCUT2D eigenvalue weighted by Crippen LogP contribution is 2.11. The zero-order valence-corrected chi connectivity index (χ0v) is 13.2. The number of nitrogens with zero attached hydrogens (tertiary/aromatic N) is 3. The molecule has 6 nitrogen and oxygen atoms in total. The van der Waals surface area contributed by atoms with Crippen molar-refractivity contribution in [3.63, 3.8) is 0 Å². The Labute approximate surface area is 130 Å². The van der Waals surface area contributed by atoms with E-state index < -0.39 is 0 Å². The quantitative estimate of drug-likeness (QED) is 0.497. The largest absolute Gasteiger partial charge is 0.497 e. The van der Waals surface area contributed by atoms with Crippen molar-refractivity contribution in [1.82, 2.24) is 15.2 Å². The summed E-state index contributed by atoms with van der Waals surface area (Å²) in [6.07, 6.45) is 3.32. The van der Waals surface area contributed by atoms with Crippen LogP contribution in [0.1, 0.15) is 16.1 Å². The van der Waals surface area contributed by atoms with Gasteiger partial charge >= 0.3 is 0 Å². The standard InChI is InChI=1S/C13H13IN4O2/c1-18-8-11(14)12(17-18)13(19)16-15-7-9-4-3-5-10(6-9)20-2/h3-8H,1-2H3,(H,16,19). The van der Waals surface area contributed by atoms with Crippen LogP contribution < -0.4 is 10.2 Å². The van der Waals surface area contributed by atoms with Crippen LogP contribution in [0, 0.1) is 3.57 Å². The molecule has 2 rings (SSSR count). The number of amides is 1. The highest BCUT2D eigenvalue weighted by Gasteiger charge is 2.13. The van der Waals surface area contributed by atoms with Gasteiger partial charge in [-0.15, -0.1) is 0 Å². The lowest BCUT2D eigenvalue weighted by atomic mass is 10.2. The molecule has 1 amide bonds. The second kappa shape index (κ2) is 6.51. The molecule has 0 aliphatic rings. The topological polar surface area (TPSA) is 68.5 Å². The normalized spacial score (nSPS) is 10.8. The van der Waals surface area contributed by atoms with Crippen molar-refractivity contribution in [1.29, 1.82) is 0 Å². The molecule has 1 heterocycles. The number of carbonyl (C=O) groups is 1. The fourth-order valence-corrected chi connectivity index (χ4v) is 2.31. The SMILES string of the molecule is COc1cccc(C=NNC(=O)c2nn(C)cc2I)c1. The number of ether oxygens (including phenoxy) is 1. The monoisotopic (exact) mass is 384 g/mol. The molecule has 1 aromatic carbocycles. The number of methoxy groups -OCH3 is 1. The fraction of sp³-hybridized carbons (Fsp3) is 0.154. The molecule has 0 aliphatic carbocycles. The van der Waals surface area contributed by atoms with E-state index in [9.17, 15) is 4.79 Å². The van der Waals surface area contributed by atoms with Gasteiger partial charge in [0.15, 0.2) is 5.69 Å². The van der Waals surface area contributed by atoms with Crippen LogP contribution in [0.4, 0.5) is 0 Å². The van der Waals surface area contributed by atoms with Crippen LogP contribution in [0.15, 0.2) is 35.6 Å². The zero-order valence-electron chi connectivity index (χ0n) is 11.0. The maximum atomic E-state index is 11.9. The van der Waals surface area contributed by atoms with Crippen LogP contribution >= 0.6 is 22.6 Å². The average molecular weight is 384 g/mol. The number of nitrogens with one attached hydrogen (secondary N) is 1. The number of hydrogen-bond acceptors (Lipinski definition) is 4. The van der Waals surface area contributed by atoms with Gasteiger partial charge in [-0.2, -0.15) is 10.2 Å². The van der Waals surface area contributed by atoms with E-state index in [4.69, 9.17) is 4.74 Å². The molecule has 0 saturated carbocycles. The molecule has 1 N–H and O–H groups in total. The minimum absolute atomic E-state index is 0.339. The smallest absolute Gasteiger partial charge is 0.292 e. The molecule has 0 aliphatic heterocycles. The molecule has 0 atom stereocenters. The molecule has 20 heavy (non-hydrogen) atoms. The number of benzene rings is 1. The fourth-order valence-electron chi connectivity index (χ4n) is 1.55. The van der Waals surface area contributed by atoms with Gasteiger partial charge in [-0.1, -0.05) is 12.1 Å². The van der Waals surface area contributed by atoms with E-state index in [1.807, 2.05) is 24.3 Å². The van der Waals surface area contributed by atoms with Gasteiger partial charge < -0.3 is 4.74 Å². The van der Waals surface area contributed by atoms with Crippen molar-refractivity contribution in [2.75, 3.05) is 7.11 Å². The van der Waals surface area contributed by atoms with Crippen molar-refractivity contribution < 1.29 is 9.53 Å². The Bertz CT molecular complexity index is 652. The molecule has 1 aromatic heterocycles. The number of carbonyl (C=O) groups excluding carboxylic acids is 1. The molecule has 7 heteroatoms. The zero-order chi connectivity index (χ0) is 14.5. The number of halogens is 1. The van der Waals surface area contributed by atoms with Gasteiger partial charge in [0, 0.05) is 13.2 Å². The summed E-state index contributed by atoms with van der Waals surface area (Å²) < 4.78 is 7.47. The predicted molar refractivity (Wildman–Crippen MR) is 84.0 cm³/mol. The third-order valence-corrected chi connectivity index (χ3v) is 3.26. The van der Waals surface area contributed by atoms with E-state index in [1.54, 1.807) is 31.3 Å². The first-order valence-corrected chi connectivity index (χ1v) is 6.84. The summed E-state index contributed by atoms with van der Waals surface area (Å²) in [4.78, 5) is 11.9. The first-order chi connectivity index (χ1) is 9.60. The lowest BCUT2D eigenvalue weighted by molar-refractivity contribution is 0.0948. The molecule has 104 valence electrons. The van der Waals surface area contributed by atoms with E-state index in [-0.39, 0.29) is 5.91 Å². The van der Waals surface area contributed by atoms with Crippen molar-refractivity contribution in [3.8, 4) is 5.75 Å². The van der Waals surface area contributed by atoms with Crippen molar-refractivity contribution >= 4 is 34.7 Å². The van der Waals surface area contributed by atoms with Crippen molar-refractivity contribution in [3.05, 3.63) is 45.3 Å². The first-order valence-electron chi connectivity index (χ1n) is 5.77. The summed E-state index contributed by atoms with van der Waals surface area (Å²) in [5, 5.41) is 7.98. The van der Waals surface area contributed by atoms with Crippen LogP contribution in [0.5, 0.6) is 5.75 Å². The maximum Gasteiger partial charge on any atom is 0.292 e. The molecule has 0 spiro atoms. The van der Waals surface area contributed by atoms with E-state index in [0.29, 0.717) is 5.69 Å². The predicted octanol–water partition coefficient (Wildman–Crippen LogP) is 1.80. The average Bonchev–Trinajstić information content (AvgIpc) is 2.78. The van der Waals surface area contributed by atoms with E-state index >= 15 is 0 Å². The lowest BCUT2D eigenvalue weighted by Gasteiger charge is -2.00. The molecule has 0 bridgehead atoms. The number of hydrazone groups is 1. The van der Waals surface area contributed by atoms with Crippen LogP contribution in [-0.4, -0.2) is 29.0 Å². The van der Waals surface area contributed by atoms with Gasteiger partial charge in [0.2, 0.25) is 0 Å². The van der Waals surface area contributed by atoms with Crippen LogP contribution in [0.3, 0.4) is 0 Å². The molecule has 2 aromatic rings. The second-order valence-corrected chi connectivity index (χ2v) is 5.14. The number of aromatic nitrogens is 2. The van der Waals surface area contributed by atoms with Gasteiger partial charge in [0.1, 0.15) is 5.75 Å². The Kier molecular flexibility index (Phi) is 4.72. The molecule has 0 radical (unpaired) electrons. The molecule has 0 fully saturated rings. The van der Waals surface area contributed by atoms with E-state index in [0.717, 1.165) is 14.9 Å². The number of aryl methyl sites for hydroxylation is 1. The summed E-state index contributed by atoms with van der Waals surface area (Å²) in [5.41, 5.74) is 3.64. The molecular weight excluding hydrogens is 371 g/mol. The van der Waals surface area contributed by atoms with E-state index in [1.165, 1.54) is 0 Å². The number of rotatable bonds is 4. The lowest BCUT2D eigenvalue weighted by Crippen LogP contribution is -2.19. The summed E-state index contributed by atoms with van der Waals surface area (Å²) in [5.74, 6) is 0.397. The first kappa shape index (κ1) is 14.5. The Morgan fingerprint density at radius 1 is 1.55 bits per heavy atom. The Morgan fingerprint density at radius 2 is 2.35 bits per heavy atom. The van der Waals surface area contributed by atoms with Crippen molar-refractivity contribution in [2.45, 2.75) is 0 Å². The summed E-state index contributed by atoms with van der Waals surface area (Å²) in [6.45, 7) is 0. The molecular formula is C13H13IN4O2. The molecule has 0 unspecified atom stereocenters. The van der Waals surface area contributed by atoms with Crippen molar-refractivity contribution in [2.24, 2.45) is 12.1 Å². The third kappa shape index (κ3) is 3.56. The number of hydrogen-bond donors (Lipinski definition) is 1. The summed E-state index contributed by atoms with van der Waals surface area (Å²) in [6, 6.07) is 7.37. The Hall–Kier alpha value is -1.90. The summed E-state index contributed by atoms with van der Waals surface area (Å²) in [7, 11) is 3.36. The van der Waals surface area contributed by atoms with Crippen LogP contribution in [-0.2, 0) is 7.05 Å². The van der Waals surface area contributed by atoms with Gasteiger partial charge in [-0.25, -0.2) is 5.43 Å². The highest BCUT2D eigenvalue weighted by molar-refractivity contribution is 14.1. The van der Waals surface area contributed by atoms with Crippen LogP contribution in [0.2, 0.25) is 0 Å². The highest BCUT2D eigenvalue weighted by atomic mass is 127. The van der Waals surface area contributed by atoms with E-state index in [2.05, 4.69) is 38.2 Å². The maximum absolute atomic E-state index is 11.9. The van der Waals surface area contributed by atoms with Crippen LogP contribution in [0.25, 0.3) is 0 Å². The Balaban J connectivity index is 2.02. The minimum Gasteiger partial charge on any atom is -0.497 e. The van der Waals surface area contributed by atoms with Gasteiger partial charge in [0.25, 0.3) is 5.91 Å². The third-order valence-electron chi connectivity index (χ3n) is 2.47. The van der Waals surface area contributed by atoms with Gasteiger partial charge in [0.05, 0.1) is 16.9 Å². The van der Waals surface area contributed by atoms with Gasteiger partial charge in [-0.05, 0) is 40.3 Å². The Morgan fingerprint density at radius 3 is 3.00 bits per heavy atom.